The summed E-state index contributed by atoms with van der Waals surface area (Å²) in [7, 11) is -14.4. The van der Waals surface area contributed by atoms with Gasteiger partial charge in [-0.2, -0.15) is 45.6 Å². The number of rotatable bonds is 19. The van der Waals surface area contributed by atoms with Crippen molar-refractivity contribution in [1.82, 2.24) is 0 Å². The van der Waals surface area contributed by atoms with Gasteiger partial charge in [0.15, 0.2) is 11.5 Å². The number of phenols is 1. The molecule has 0 radical (unpaired) electrons. The number of aromatic carboxylic acids is 1. The highest BCUT2D eigenvalue weighted by molar-refractivity contribution is 7.86. The van der Waals surface area contributed by atoms with E-state index in [-0.39, 0.29) is 52.2 Å². The highest BCUT2D eigenvalue weighted by atomic mass is 32.2. The minimum Gasteiger partial charge on any atom is -0.505 e. The molecule has 0 saturated carbocycles. The Balaban J connectivity index is 1.45. The quantitative estimate of drug-likeness (QED) is 0.0417. The number of hydrogen-bond acceptors (Lipinski definition) is 22. The minimum atomic E-state index is -5.56. The smallest absolute Gasteiger partial charge is 0.355 e. The van der Waals surface area contributed by atoms with E-state index in [4.69, 9.17) is 14.2 Å². The van der Waals surface area contributed by atoms with Crippen molar-refractivity contribution in [1.29, 1.82) is 0 Å². The summed E-state index contributed by atoms with van der Waals surface area (Å²) in [6.07, 6.45) is 0. The Bertz CT molecular complexity index is 3380. The molecule has 0 aliphatic carbocycles. The van der Waals surface area contributed by atoms with Crippen LogP contribution >= 0.6 is 0 Å². The summed E-state index contributed by atoms with van der Waals surface area (Å²) in [6.45, 7) is -1.88. The number of aliphatic hydroxyl groups is 2. The summed E-state index contributed by atoms with van der Waals surface area (Å²) in [6, 6.07) is 9.80. The molecule has 0 saturated heterocycles. The van der Waals surface area contributed by atoms with Gasteiger partial charge in [0.25, 0.3) is 36.3 Å². The number of nitrogens with zero attached hydrogens (tertiary/aromatic N) is 8. The van der Waals surface area contributed by atoms with Crippen LogP contribution in [0.3, 0.4) is 0 Å². The van der Waals surface area contributed by atoms with E-state index < -0.39 is 122 Å². The molecule has 0 bridgehead atoms. The normalized spacial score (nSPS) is 14.6. The maximum absolute atomic E-state index is 13.4. The number of azo groups is 3. The third-order valence-corrected chi connectivity index (χ3v) is 11.9. The van der Waals surface area contributed by atoms with Crippen molar-refractivity contribution in [3.63, 3.8) is 0 Å². The molecule has 1 heterocycles. The Morgan fingerprint density at radius 3 is 1.78 bits per heavy atom. The molecule has 31 heteroatoms. The van der Waals surface area contributed by atoms with Gasteiger partial charge in [0, 0.05) is 22.9 Å². The third-order valence-electron chi connectivity index (χ3n) is 9.18. The van der Waals surface area contributed by atoms with Crippen LogP contribution in [0.1, 0.15) is 10.4 Å². The average Bonchev–Trinajstić information content (AvgIpc) is 3.62. The van der Waals surface area contributed by atoms with Crippen molar-refractivity contribution in [2.45, 2.75) is 20.7 Å². The van der Waals surface area contributed by atoms with E-state index in [9.17, 15) is 78.8 Å². The zero-order valence-electron chi connectivity index (χ0n) is 34.6. The number of phenolic OH excluding ortho intramolecular Hbond substituents is 1. The Hall–Kier alpha value is -7.91. The highest BCUT2D eigenvalue weighted by Crippen LogP contribution is 2.47. The molecular formula is C38H32N8O20S3. The van der Waals surface area contributed by atoms with E-state index >= 15 is 0 Å². The molecule has 1 amide bonds. The van der Waals surface area contributed by atoms with E-state index in [1.54, 1.807) is 0 Å². The van der Waals surface area contributed by atoms with Gasteiger partial charge in [-0.1, -0.05) is 0 Å². The molecular weight excluding hydrogens is 985 g/mol. The van der Waals surface area contributed by atoms with E-state index in [2.05, 4.69) is 35.8 Å². The topological polar surface area (TPSA) is 433 Å². The number of carbonyl (C=O) groups is 3. The second-order valence-corrected chi connectivity index (χ2v) is 17.7. The monoisotopic (exact) mass is 1020 g/mol. The second-order valence-electron chi connectivity index (χ2n) is 13.6. The number of aliphatic carboxylic acids is 1. The summed E-state index contributed by atoms with van der Waals surface area (Å²) >= 11 is 0. The summed E-state index contributed by atoms with van der Waals surface area (Å²) in [5.74, 6) is -5.90. The molecule has 6 rings (SSSR count). The number of aliphatic hydroxyl groups excluding tert-OH is 2. The van der Waals surface area contributed by atoms with E-state index in [0.717, 1.165) is 48.5 Å². The van der Waals surface area contributed by atoms with Gasteiger partial charge in [-0.25, -0.2) is 9.59 Å². The first-order valence-corrected chi connectivity index (χ1v) is 23.1. The van der Waals surface area contributed by atoms with E-state index in [0.29, 0.717) is 11.1 Å². The van der Waals surface area contributed by atoms with Gasteiger partial charge >= 0.3 is 11.9 Å². The molecule has 1 atom stereocenters. The van der Waals surface area contributed by atoms with Crippen LogP contribution in [0.4, 0.5) is 34.1 Å². The number of ether oxygens (including phenoxy) is 3. The Morgan fingerprint density at radius 2 is 1.26 bits per heavy atom. The highest BCUT2D eigenvalue weighted by Gasteiger charge is 2.41. The van der Waals surface area contributed by atoms with Crippen LogP contribution < -0.4 is 19.2 Å². The lowest BCUT2D eigenvalue weighted by molar-refractivity contribution is -0.130. The average molecular weight is 1020 g/mol. The number of carbonyl (C=O) groups excluding carboxylic acids is 1. The van der Waals surface area contributed by atoms with Crippen LogP contribution in [0.25, 0.3) is 10.8 Å². The number of hydrazone groups is 1. The van der Waals surface area contributed by atoms with Gasteiger partial charge in [-0.05, 0) is 60.7 Å². The zero-order valence-corrected chi connectivity index (χ0v) is 37.1. The Kier molecular flexibility index (Phi) is 14.7. The summed E-state index contributed by atoms with van der Waals surface area (Å²) in [5, 5.41) is 75.7. The predicted molar refractivity (Wildman–Crippen MR) is 232 cm³/mol. The standard InChI is InChI=1S/C38H32N8O20S3/c1-64-19-4-8-24(23(14-19)37(51)52)39-41-26-16-29(66-13-11-48)27(17-28(26)65-12-10-47)42-43-31-30(68(58,59)60)15-22-21(34(31)49)7-9-25(35(22)69(61,62)63)40-44-32-33(38(53)54)45-46(36(32)50)18-2-5-20(6-3-18)67(55,56)57/h2-9,14-17,32,47-49H,10-13H2,1H3,(H,51,52)(H,53,54)(H,55,56,57)(H,58,59,60)(H,61,62,63). The largest absolute Gasteiger partial charge is 0.505 e. The zero-order chi connectivity index (χ0) is 50.6. The lowest BCUT2D eigenvalue weighted by atomic mass is 10.1. The molecule has 5 aromatic rings. The molecule has 8 N–H and O–H groups in total. The molecule has 0 aromatic heterocycles. The van der Waals surface area contributed by atoms with Crippen LogP contribution in [-0.2, 0) is 39.9 Å². The van der Waals surface area contributed by atoms with Gasteiger partial charge < -0.3 is 39.7 Å². The van der Waals surface area contributed by atoms with Crippen molar-refractivity contribution in [3.8, 4) is 23.0 Å². The number of amides is 1. The molecule has 0 spiro atoms. The number of anilines is 1. The fourth-order valence-electron chi connectivity index (χ4n) is 6.15. The van der Waals surface area contributed by atoms with Crippen LogP contribution in [0.5, 0.6) is 23.0 Å². The maximum Gasteiger partial charge on any atom is 0.355 e. The molecule has 1 aliphatic heterocycles. The first-order valence-electron chi connectivity index (χ1n) is 18.8. The van der Waals surface area contributed by atoms with E-state index in [1.807, 2.05) is 0 Å². The predicted octanol–water partition coefficient (Wildman–Crippen LogP) is 4.51. The maximum atomic E-state index is 13.4. The lowest BCUT2D eigenvalue weighted by Crippen LogP contribution is -2.33. The summed E-state index contributed by atoms with van der Waals surface area (Å²) in [4.78, 5) is 34.2. The first kappa shape index (κ1) is 50.5. The minimum absolute atomic E-state index is 0.140. The number of methoxy groups -OCH3 is 1. The molecule has 1 aliphatic rings. The molecule has 69 heavy (non-hydrogen) atoms. The number of carboxylic acid groups (broad SMARTS) is 2. The van der Waals surface area contributed by atoms with Gasteiger partial charge in [-0.15, -0.1) is 20.5 Å². The molecule has 362 valence electrons. The van der Waals surface area contributed by atoms with Crippen molar-refractivity contribution in [2.75, 3.05) is 38.5 Å². The van der Waals surface area contributed by atoms with Crippen molar-refractivity contribution in [3.05, 3.63) is 78.4 Å². The van der Waals surface area contributed by atoms with Gasteiger partial charge in [-0.3, -0.25) is 18.5 Å². The number of carboxylic acids is 2. The molecule has 0 fully saturated rings. The Labute approximate surface area is 387 Å². The fourth-order valence-corrected chi connectivity index (χ4v) is 8.10. The number of benzene rings is 5. The summed E-state index contributed by atoms with van der Waals surface area (Å²) in [5.41, 5.74) is -4.08. The molecule has 5 aromatic carbocycles. The van der Waals surface area contributed by atoms with Crippen LogP contribution in [-0.4, -0.2) is 128 Å². The van der Waals surface area contributed by atoms with Gasteiger partial charge in [0.1, 0.15) is 68.7 Å². The third kappa shape index (κ3) is 11.1. The number of fused-ring (bicyclic) bond motifs is 1. The van der Waals surface area contributed by atoms with Gasteiger partial charge in [0.2, 0.25) is 6.04 Å². The van der Waals surface area contributed by atoms with E-state index in [1.165, 1.54) is 25.3 Å². The van der Waals surface area contributed by atoms with Crippen molar-refractivity contribution in [2.24, 2.45) is 35.8 Å². The number of hydrogen-bond donors (Lipinski definition) is 8. The van der Waals surface area contributed by atoms with Gasteiger partial charge in [0.05, 0.1) is 36.5 Å². The van der Waals surface area contributed by atoms with Crippen LogP contribution in [0.15, 0.2) is 123 Å². The molecule has 1 unspecified atom stereocenters. The van der Waals surface area contributed by atoms with Crippen molar-refractivity contribution >= 4 is 98.8 Å². The number of aromatic hydroxyl groups is 1. The Morgan fingerprint density at radius 1 is 0.681 bits per heavy atom. The van der Waals surface area contributed by atoms with Crippen LogP contribution in [0.2, 0.25) is 0 Å². The first-order chi connectivity index (χ1) is 32.5. The lowest BCUT2D eigenvalue weighted by Gasteiger charge is -2.14. The van der Waals surface area contributed by atoms with Crippen LogP contribution in [0, 0.1) is 0 Å². The van der Waals surface area contributed by atoms with Crippen molar-refractivity contribution < 1.29 is 93.0 Å². The summed E-state index contributed by atoms with van der Waals surface area (Å²) < 4.78 is 121. The molecule has 28 nitrogen and oxygen atoms in total. The SMILES string of the molecule is COc1ccc(N=Nc2cc(OCCO)c(N=Nc3c(S(=O)(=O)O)cc4c(S(=O)(=O)O)c(N=NC5C(=O)N(c6ccc(S(=O)(=O)O)cc6)N=C5C(=O)O)ccc4c3O)cc2OCCO)c(C(=O)O)c1. The fraction of sp³-hybridized carbons (Fsp3) is 0.158. The second kappa shape index (κ2) is 20.1.